The normalized spacial score (nSPS) is 16.7. The standard InChI is InChI=1S/C18H18O3/c1-20-17-8-4-2-7-14(17)11-16(19)15-10-13-6-3-5-9-18(13)21-12-15/h2-9,15H,10-12H2,1H3. The molecule has 2 aromatic carbocycles. The second-order valence-electron chi connectivity index (χ2n) is 5.27. The van der Waals surface area contributed by atoms with Crippen LogP contribution in [-0.2, 0) is 17.6 Å². The highest BCUT2D eigenvalue weighted by atomic mass is 16.5. The van der Waals surface area contributed by atoms with Crippen molar-refractivity contribution in [2.24, 2.45) is 5.92 Å². The molecule has 3 nitrogen and oxygen atoms in total. The van der Waals surface area contributed by atoms with E-state index in [9.17, 15) is 4.79 Å². The molecule has 21 heavy (non-hydrogen) atoms. The molecule has 1 heterocycles. The van der Waals surface area contributed by atoms with Crippen molar-refractivity contribution in [3.8, 4) is 11.5 Å². The third-order valence-corrected chi connectivity index (χ3v) is 3.89. The Morgan fingerprint density at radius 2 is 1.95 bits per heavy atom. The zero-order valence-corrected chi connectivity index (χ0v) is 12.0. The minimum absolute atomic E-state index is 0.0789. The highest BCUT2D eigenvalue weighted by molar-refractivity contribution is 5.84. The molecule has 1 aliphatic heterocycles. The minimum Gasteiger partial charge on any atom is -0.496 e. The zero-order chi connectivity index (χ0) is 14.7. The van der Waals surface area contributed by atoms with Crippen LogP contribution in [-0.4, -0.2) is 19.5 Å². The second kappa shape index (κ2) is 6.00. The molecule has 0 saturated heterocycles. The maximum Gasteiger partial charge on any atom is 0.144 e. The Morgan fingerprint density at radius 1 is 1.19 bits per heavy atom. The van der Waals surface area contributed by atoms with Crippen molar-refractivity contribution in [1.29, 1.82) is 0 Å². The van der Waals surface area contributed by atoms with Crippen molar-refractivity contribution >= 4 is 5.78 Å². The monoisotopic (exact) mass is 282 g/mol. The summed E-state index contributed by atoms with van der Waals surface area (Å²) in [4.78, 5) is 12.5. The van der Waals surface area contributed by atoms with E-state index in [1.165, 1.54) is 0 Å². The SMILES string of the molecule is COc1ccccc1CC(=O)C1COc2ccccc2C1. The van der Waals surface area contributed by atoms with Crippen LogP contribution >= 0.6 is 0 Å². The van der Waals surface area contributed by atoms with Gasteiger partial charge < -0.3 is 9.47 Å². The topological polar surface area (TPSA) is 35.5 Å². The van der Waals surface area contributed by atoms with Crippen molar-refractivity contribution in [1.82, 2.24) is 0 Å². The Bertz CT molecular complexity index is 648. The maximum atomic E-state index is 12.5. The van der Waals surface area contributed by atoms with Crippen LogP contribution in [0.15, 0.2) is 48.5 Å². The average Bonchev–Trinajstić information content (AvgIpc) is 2.55. The Balaban J connectivity index is 1.72. The van der Waals surface area contributed by atoms with Crippen LogP contribution in [0.5, 0.6) is 11.5 Å². The first-order valence-electron chi connectivity index (χ1n) is 7.13. The summed E-state index contributed by atoms with van der Waals surface area (Å²) in [7, 11) is 1.63. The van der Waals surface area contributed by atoms with Crippen LogP contribution < -0.4 is 9.47 Å². The number of hydrogen-bond acceptors (Lipinski definition) is 3. The second-order valence-corrected chi connectivity index (χ2v) is 5.27. The van der Waals surface area contributed by atoms with Crippen LogP contribution in [0.2, 0.25) is 0 Å². The van der Waals surface area contributed by atoms with Gasteiger partial charge >= 0.3 is 0 Å². The lowest BCUT2D eigenvalue weighted by molar-refractivity contribution is -0.123. The van der Waals surface area contributed by atoms with Crippen molar-refractivity contribution in [3.63, 3.8) is 0 Å². The molecule has 0 N–H and O–H groups in total. The smallest absolute Gasteiger partial charge is 0.144 e. The summed E-state index contributed by atoms with van der Waals surface area (Å²) in [6.07, 6.45) is 1.14. The molecule has 3 rings (SSSR count). The molecule has 0 aliphatic carbocycles. The molecule has 1 aliphatic rings. The number of hydrogen-bond donors (Lipinski definition) is 0. The Hall–Kier alpha value is -2.29. The number of carbonyl (C=O) groups excluding carboxylic acids is 1. The molecule has 0 bridgehead atoms. The molecule has 3 heteroatoms. The summed E-state index contributed by atoms with van der Waals surface area (Å²) in [5, 5.41) is 0. The minimum atomic E-state index is -0.0789. The van der Waals surface area contributed by atoms with Gasteiger partial charge in [0.05, 0.1) is 19.6 Å². The third kappa shape index (κ3) is 2.92. The van der Waals surface area contributed by atoms with Gasteiger partial charge in [0.25, 0.3) is 0 Å². The van der Waals surface area contributed by atoms with E-state index in [2.05, 4.69) is 0 Å². The molecule has 0 spiro atoms. The fourth-order valence-corrected chi connectivity index (χ4v) is 2.72. The Labute approximate surface area is 124 Å². The molecule has 1 atom stereocenters. The van der Waals surface area contributed by atoms with Crippen molar-refractivity contribution in [3.05, 3.63) is 59.7 Å². The van der Waals surface area contributed by atoms with Crippen LogP contribution in [0.3, 0.4) is 0 Å². The van der Waals surface area contributed by atoms with Gasteiger partial charge in [-0.25, -0.2) is 0 Å². The molecule has 1 unspecified atom stereocenters. The van der Waals surface area contributed by atoms with Gasteiger partial charge in [-0.05, 0) is 24.1 Å². The van der Waals surface area contributed by atoms with Crippen LogP contribution in [0.4, 0.5) is 0 Å². The third-order valence-electron chi connectivity index (χ3n) is 3.89. The van der Waals surface area contributed by atoms with Gasteiger partial charge in [-0.3, -0.25) is 4.79 Å². The summed E-state index contributed by atoms with van der Waals surface area (Å²) in [5.74, 6) is 1.79. The number of rotatable bonds is 4. The predicted molar refractivity (Wildman–Crippen MR) is 80.8 cm³/mol. The van der Waals surface area contributed by atoms with E-state index in [4.69, 9.17) is 9.47 Å². The van der Waals surface area contributed by atoms with Gasteiger partial charge in [-0.15, -0.1) is 0 Å². The van der Waals surface area contributed by atoms with E-state index in [1.54, 1.807) is 7.11 Å². The summed E-state index contributed by atoms with van der Waals surface area (Å²) in [5.41, 5.74) is 2.05. The van der Waals surface area contributed by atoms with E-state index in [1.807, 2.05) is 48.5 Å². The highest BCUT2D eigenvalue weighted by Crippen LogP contribution is 2.28. The number of Topliss-reactive ketones (excluding diaryl/α,β-unsaturated/α-hetero) is 1. The maximum absolute atomic E-state index is 12.5. The summed E-state index contributed by atoms with van der Waals surface area (Å²) < 4.78 is 11.0. The van der Waals surface area contributed by atoms with E-state index < -0.39 is 0 Å². The first kappa shape index (κ1) is 13.7. The molecule has 0 fully saturated rings. The molecule has 0 amide bonds. The van der Waals surface area contributed by atoms with E-state index in [0.29, 0.717) is 13.0 Å². The van der Waals surface area contributed by atoms with Gasteiger partial charge in [0.15, 0.2) is 0 Å². The fourth-order valence-electron chi connectivity index (χ4n) is 2.72. The number of methoxy groups -OCH3 is 1. The highest BCUT2D eigenvalue weighted by Gasteiger charge is 2.26. The van der Waals surface area contributed by atoms with E-state index in [0.717, 1.165) is 29.0 Å². The molecule has 0 aromatic heterocycles. The number of ether oxygens (including phenoxy) is 2. The summed E-state index contributed by atoms with van der Waals surface area (Å²) >= 11 is 0. The van der Waals surface area contributed by atoms with Gasteiger partial charge in [0.2, 0.25) is 0 Å². The fraction of sp³-hybridized carbons (Fsp3) is 0.278. The molecular weight excluding hydrogens is 264 g/mol. The zero-order valence-electron chi connectivity index (χ0n) is 12.0. The lowest BCUT2D eigenvalue weighted by Gasteiger charge is -2.24. The lowest BCUT2D eigenvalue weighted by Crippen LogP contribution is -2.29. The predicted octanol–water partition coefficient (Wildman–Crippen LogP) is 3.06. The molecule has 108 valence electrons. The summed E-state index contributed by atoms with van der Waals surface area (Å²) in [6, 6.07) is 15.6. The Kier molecular flexibility index (Phi) is 3.91. The number of ketones is 1. The number of carbonyl (C=O) groups is 1. The van der Waals surface area contributed by atoms with Crippen molar-refractivity contribution in [2.75, 3.05) is 13.7 Å². The first-order chi connectivity index (χ1) is 10.3. The van der Waals surface area contributed by atoms with Gasteiger partial charge in [-0.1, -0.05) is 36.4 Å². The van der Waals surface area contributed by atoms with Crippen LogP contribution in [0, 0.1) is 5.92 Å². The van der Waals surface area contributed by atoms with Gasteiger partial charge in [0, 0.05) is 12.0 Å². The van der Waals surface area contributed by atoms with Gasteiger partial charge in [0.1, 0.15) is 17.3 Å². The average molecular weight is 282 g/mol. The molecular formula is C18H18O3. The largest absolute Gasteiger partial charge is 0.496 e. The quantitative estimate of drug-likeness (QED) is 0.864. The number of benzene rings is 2. The summed E-state index contributed by atoms with van der Waals surface area (Å²) in [6.45, 7) is 0.463. The van der Waals surface area contributed by atoms with Crippen LogP contribution in [0.1, 0.15) is 11.1 Å². The van der Waals surface area contributed by atoms with Crippen molar-refractivity contribution < 1.29 is 14.3 Å². The molecule has 0 radical (unpaired) electrons. The number of fused-ring (bicyclic) bond motifs is 1. The van der Waals surface area contributed by atoms with Crippen LogP contribution in [0.25, 0.3) is 0 Å². The van der Waals surface area contributed by atoms with Crippen molar-refractivity contribution in [2.45, 2.75) is 12.8 Å². The molecule has 2 aromatic rings. The van der Waals surface area contributed by atoms with E-state index >= 15 is 0 Å². The lowest BCUT2D eigenvalue weighted by atomic mass is 9.90. The first-order valence-corrected chi connectivity index (χ1v) is 7.13. The van der Waals surface area contributed by atoms with E-state index in [-0.39, 0.29) is 11.7 Å². The molecule has 0 saturated carbocycles. The van der Waals surface area contributed by atoms with Gasteiger partial charge in [-0.2, -0.15) is 0 Å². The Morgan fingerprint density at radius 3 is 2.81 bits per heavy atom. The number of para-hydroxylation sites is 2.